The molecule has 6 nitrogen and oxygen atoms in total. The minimum absolute atomic E-state index is 0.0745. The van der Waals surface area contributed by atoms with Crippen LogP contribution in [-0.4, -0.2) is 27.5 Å². The fourth-order valence-electron chi connectivity index (χ4n) is 2.34. The van der Waals surface area contributed by atoms with E-state index >= 15 is 0 Å². The fourth-order valence-corrected chi connectivity index (χ4v) is 4.43. The molecule has 3 rings (SSSR count). The largest absolute Gasteiger partial charge is 0.482 e. The van der Waals surface area contributed by atoms with Crippen LogP contribution in [0.25, 0.3) is 0 Å². The molecule has 1 aliphatic rings. The smallest absolute Gasteiger partial charge is 0.262 e. The van der Waals surface area contributed by atoms with Crippen molar-refractivity contribution in [3.05, 3.63) is 52.5 Å². The molecule has 0 fully saturated rings. The highest BCUT2D eigenvalue weighted by Crippen LogP contribution is 2.35. The summed E-state index contributed by atoms with van der Waals surface area (Å²) in [5, 5.41) is 2.63. The number of anilines is 1. The van der Waals surface area contributed by atoms with E-state index in [4.69, 9.17) is 4.74 Å². The number of halogens is 1. The number of sulfonamides is 1. The van der Waals surface area contributed by atoms with Gasteiger partial charge in [-0.2, -0.15) is 0 Å². The number of nitrogens with one attached hydrogen (secondary N) is 2. The van der Waals surface area contributed by atoms with Gasteiger partial charge in [0.2, 0.25) is 10.0 Å². The maximum atomic E-state index is 12.5. The zero-order chi connectivity index (χ0) is 17.2. The van der Waals surface area contributed by atoms with Crippen LogP contribution in [-0.2, 0) is 21.2 Å². The number of hydrogen-bond donors (Lipinski definition) is 2. The Hall–Kier alpha value is -1.90. The van der Waals surface area contributed by atoms with Gasteiger partial charge in [-0.05, 0) is 34.0 Å². The summed E-state index contributed by atoms with van der Waals surface area (Å²) < 4.78 is 33.2. The van der Waals surface area contributed by atoms with Crippen molar-refractivity contribution in [3.8, 4) is 5.75 Å². The molecule has 2 aromatic rings. The first-order valence-corrected chi connectivity index (χ1v) is 9.53. The predicted octanol–water partition coefficient (Wildman–Crippen LogP) is 2.30. The lowest BCUT2D eigenvalue weighted by molar-refractivity contribution is -0.118. The average Bonchev–Trinajstić information content (AvgIpc) is 2.54. The van der Waals surface area contributed by atoms with Gasteiger partial charge in [0.1, 0.15) is 5.75 Å². The summed E-state index contributed by atoms with van der Waals surface area (Å²) in [5.74, 6) is 0.0622. The van der Waals surface area contributed by atoms with Crippen molar-refractivity contribution in [2.45, 2.75) is 11.3 Å². The molecular formula is C16H15BrN2O4S. The average molecular weight is 411 g/mol. The van der Waals surface area contributed by atoms with E-state index in [9.17, 15) is 13.2 Å². The summed E-state index contributed by atoms with van der Waals surface area (Å²) in [6, 6.07) is 12.6. The van der Waals surface area contributed by atoms with Crippen molar-refractivity contribution in [2.75, 3.05) is 18.5 Å². The Morgan fingerprint density at radius 3 is 2.71 bits per heavy atom. The van der Waals surface area contributed by atoms with E-state index in [0.717, 1.165) is 5.56 Å². The summed E-state index contributed by atoms with van der Waals surface area (Å²) in [4.78, 5) is 11.4. The third-order valence-corrected chi connectivity index (χ3v) is 5.92. The van der Waals surface area contributed by atoms with Gasteiger partial charge in [-0.1, -0.05) is 30.3 Å². The molecular weight excluding hydrogens is 396 g/mol. The van der Waals surface area contributed by atoms with Gasteiger partial charge >= 0.3 is 0 Å². The van der Waals surface area contributed by atoms with E-state index < -0.39 is 10.0 Å². The lowest BCUT2D eigenvalue weighted by Crippen LogP contribution is -2.28. The van der Waals surface area contributed by atoms with Crippen LogP contribution in [0.15, 0.2) is 51.8 Å². The summed E-state index contributed by atoms with van der Waals surface area (Å²) in [5.41, 5.74) is 1.50. The van der Waals surface area contributed by atoms with Crippen LogP contribution in [0.2, 0.25) is 0 Å². The lowest BCUT2D eigenvalue weighted by Gasteiger charge is -2.19. The number of carbonyl (C=O) groups is 1. The van der Waals surface area contributed by atoms with Crippen LogP contribution in [0.4, 0.5) is 5.69 Å². The molecule has 24 heavy (non-hydrogen) atoms. The second kappa shape index (κ2) is 6.92. The Morgan fingerprint density at radius 2 is 1.96 bits per heavy atom. The molecule has 0 spiro atoms. The molecule has 0 saturated heterocycles. The molecule has 0 saturated carbocycles. The second-order valence-electron chi connectivity index (χ2n) is 5.25. The number of carbonyl (C=O) groups excluding carboxylic acids is 1. The van der Waals surface area contributed by atoms with Crippen LogP contribution in [0.3, 0.4) is 0 Å². The molecule has 1 aliphatic heterocycles. The predicted molar refractivity (Wildman–Crippen MR) is 93.6 cm³/mol. The standard InChI is InChI=1S/C16H15BrN2O4S/c17-12-8-13-14(23-10-16(20)19-13)9-15(12)24(21,22)18-7-6-11-4-2-1-3-5-11/h1-5,8-9,18H,6-7,10H2,(H,19,20). The summed E-state index contributed by atoms with van der Waals surface area (Å²) >= 11 is 3.24. The van der Waals surface area contributed by atoms with Crippen molar-refractivity contribution < 1.29 is 17.9 Å². The third-order valence-electron chi connectivity index (χ3n) is 3.51. The molecule has 0 bridgehead atoms. The van der Waals surface area contributed by atoms with Crippen LogP contribution in [0.1, 0.15) is 5.56 Å². The molecule has 0 aliphatic carbocycles. The van der Waals surface area contributed by atoms with Gasteiger partial charge in [-0.25, -0.2) is 13.1 Å². The highest BCUT2D eigenvalue weighted by molar-refractivity contribution is 9.10. The van der Waals surface area contributed by atoms with Gasteiger partial charge in [0, 0.05) is 17.1 Å². The van der Waals surface area contributed by atoms with Crippen molar-refractivity contribution in [3.63, 3.8) is 0 Å². The van der Waals surface area contributed by atoms with Crippen LogP contribution >= 0.6 is 15.9 Å². The van der Waals surface area contributed by atoms with Gasteiger partial charge in [0.25, 0.3) is 5.91 Å². The molecule has 0 unspecified atom stereocenters. The van der Waals surface area contributed by atoms with Crippen molar-refractivity contribution in [1.82, 2.24) is 4.72 Å². The summed E-state index contributed by atoms with van der Waals surface area (Å²) in [6.07, 6.45) is 0.592. The summed E-state index contributed by atoms with van der Waals surface area (Å²) in [6.45, 7) is 0.156. The third kappa shape index (κ3) is 3.77. The molecule has 0 aromatic heterocycles. The molecule has 126 valence electrons. The maximum Gasteiger partial charge on any atom is 0.262 e. The summed E-state index contributed by atoms with van der Waals surface area (Å²) in [7, 11) is -3.70. The van der Waals surface area contributed by atoms with Crippen LogP contribution < -0.4 is 14.8 Å². The van der Waals surface area contributed by atoms with Crippen molar-refractivity contribution in [1.29, 1.82) is 0 Å². The Balaban J connectivity index is 1.76. The topological polar surface area (TPSA) is 84.5 Å². The number of ether oxygens (including phenoxy) is 1. The van der Waals surface area contributed by atoms with Gasteiger partial charge in [-0.3, -0.25) is 4.79 Å². The molecule has 1 amide bonds. The molecule has 2 aromatic carbocycles. The molecule has 1 heterocycles. The highest BCUT2D eigenvalue weighted by Gasteiger charge is 2.23. The van der Waals surface area contributed by atoms with E-state index in [2.05, 4.69) is 26.0 Å². The number of hydrogen-bond acceptors (Lipinski definition) is 4. The van der Waals surface area contributed by atoms with Gasteiger partial charge < -0.3 is 10.1 Å². The van der Waals surface area contributed by atoms with E-state index in [1.54, 1.807) is 0 Å². The minimum Gasteiger partial charge on any atom is -0.482 e. The Morgan fingerprint density at radius 1 is 1.21 bits per heavy atom. The number of benzene rings is 2. The highest BCUT2D eigenvalue weighted by atomic mass is 79.9. The van der Waals surface area contributed by atoms with Crippen LogP contribution in [0, 0.1) is 0 Å². The Bertz CT molecular complexity index is 869. The van der Waals surface area contributed by atoms with E-state index in [1.165, 1.54) is 12.1 Å². The second-order valence-corrected chi connectivity index (χ2v) is 7.84. The Kier molecular flexibility index (Phi) is 4.88. The quantitative estimate of drug-likeness (QED) is 0.791. The number of fused-ring (bicyclic) bond motifs is 1. The molecule has 2 N–H and O–H groups in total. The monoisotopic (exact) mass is 410 g/mol. The van der Waals surface area contributed by atoms with Crippen molar-refractivity contribution in [2.24, 2.45) is 0 Å². The molecule has 8 heteroatoms. The zero-order valence-corrected chi connectivity index (χ0v) is 15.0. The van der Waals surface area contributed by atoms with Crippen molar-refractivity contribution >= 4 is 37.5 Å². The first-order valence-electron chi connectivity index (χ1n) is 7.25. The van der Waals surface area contributed by atoms with Gasteiger partial charge in [0.15, 0.2) is 6.61 Å². The molecule has 0 radical (unpaired) electrons. The lowest BCUT2D eigenvalue weighted by atomic mass is 10.2. The zero-order valence-electron chi connectivity index (χ0n) is 12.6. The molecule has 0 atom stereocenters. The van der Waals surface area contributed by atoms with Gasteiger partial charge in [-0.15, -0.1) is 0 Å². The van der Waals surface area contributed by atoms with E-state index in [0.29, 0.717) is 22.3 Å². The Labute approximate surface area is 148 Å². The maximum absolute atomic E-state index is 12.5. The minimum atomic E-state index is -3.70. The van der Waals surface area contributed by atoms with E-state index in [-0.39, 0.29) is 24.0 Å². The number of amides is 1. The fraction of sp³-hybridized carbons (Fsp3) is 0.188. The normalized spacial score (nSPS) is 13.8. The first-order chi connectivity index (χ1) is 11.5. The van der Waals surface area contributed by atoms with Crippen LogP contribution in [0.5, 0.6) is 5.75 Å². The van der Waals surface area contributed by atoms with Gasteiger partial charge in [0.05, 0.1) is 10.6 Å². The van der Waals surface area contributed by atoms with E-state index in [1.807, 2.05) is 30.3 Å². The number of rotatable bonds is 5. The SMILES string of the molecule is O=C1COc2cc(S(=O)(=O)NCCc3ccccc3)c(Br)cc2N1. The first kappa shape index (κ1) is 16.9.